The minimum Gasteiger partial charge on any atom is -0.493 e. The molecule has 0 fully saturated rings. The molecule has 0 saturated heterocycles. The number of aromatic nitrogens is 2. The minimum atomic E-state index is 0.502. The molecule has 0 bridgehead atoms. The van der Waals surface area contributed by atoms with Gasteiger partial charge in [-0.25, -0.2) is 9.97 Å². The zero-order chi connectivity index (χ0) is 15.2. The third-order valence-corrected chi connectivity index (χ3v) is 3.85. The van der Waals surface area contributed by atoms with Crippen LogP contribution in [0.2, 0.25) is 0 Å². The van der Waals surface area contributed by atoms with Crippen molar-refractivity contribution in [2.24, 2.45) is 5.92 Å². The van der Waals surface area contributed by atoms with Gasteiger partial charge in [0.2, 0.25) is 0 Å². The number of nitrogens with one attached hydrogen (secondary N) is 1. The maximum atomic E-state index is 5.81. The number of hydrogen-bond donors (Lipinski definition) is 1. The van der Waals surface area contributed by atoms with Crippen LogP contribution in [0.4, 0.5) is 5.82 Å². The summed E-state index contributed by atoms with van der Waals surface area (Å²) in [6.45, 7) is 2.14. The van der Waals surface area contributed by atoms with Crippen LogP contribution in [-0.2, 0) is 17.8 Å². The van der Waals surface area contributed by atoms with Gasteiger partial charge in [-0.1, -0.05) is 18.2 Å². The van der Waals surface area contributed by atoms with Crippen LogP contribution < -0.4 is 10.1 Å². The molecule has 1 N–H and O–H groups in total. The van der Waals surface area contributed by atoms with E-state index in [9.17, 15) is 0 Å². The molecule has 116 valence electrons. The molecule has 0 aliphatic carbocycles. The van der Waals surface area contributed by atoms with E-state index < -0.39 is 0 Å². The SMILES string of the molecule is COCc1cc(NC[C@H]2CCOc3ccccc3C2)ncn1. The van der Waals surface area contributed by atoms with E-state index in [1.807, 2.05) is 18.2 Å². The molecule has 5 heteroatoms. The van der Waals surface area contributed by atoms with E-state index >= 15 is 0 Å². The summed E-state index contributed by atoms with van der Waals surface area (Å²) in [5.74, 6) is 2.40. The van der Waals surface area contributed by atoms with Crippen molar-refractivity contribution in [2.75, 3.05) is 25.6 Å². The molecule has 1 aromatic carbocycles. The van der Waals surface area contributed by atoms with E-state index in [1.54, 1.807) is 13.4 Å². The largest absolute Gasteiger partial charge is 0.493 e. The molecule has 22 heavy (non-hydrogen) atoms. The fourth-order valence-electron chi connectivity index (χ4n) is 2.71. The van der Waals surface area contributed by atoms with Crippen molar-refractivity contribution < 1.29 is 9.47 Å². The van der Waals surface area contributed by atoms with Gasteiger partial charge in [-0.15, -0.1) is 0 Å². The Morgan fingerprint density at radius 1 is 1.32 bits per heavy atom. The molecule has 1 aliphatic heterocycles. The van der Waals surface area contributed by atoms with Crippen LogP contribution in [0.25, 0.3) is 0 Å². The predicted octanol–water partition coefficient (Wildman–Crippen LogP) is 2.68. The van der Waals surface area contributed by atoms with Crippen LogP contribution in [-0.4, -0.2) is 30.2 Å². The van der Waals surface area contributed by atoms with Crippen LogP contribution in [0.1, 0.15) is 17.7 Å². The molecule has 5 nitrogen and oxygen atoms in total. The lowest BCUT2D eigenvalue weighted by Gasteiger charge is -2.15. The summed E-state index contributed by atoms with van der Waals surface area (Å²) in [7, 11) is 1.66. The summed E-state index contributed by atoms with van der Waals surface area (Å²) in [5, 5.41) is 3.41. The van der Waals surface area contributed by atoms with Gasteiger partial charge in [0.25, 0.3) is 0 Å². The molecular formula is C17H21N3O2. The Balaban J connectivity index is 1.61. The number of para-hydroxylation sites is 1. The molecule has 1 aliphatic rings. The Kier molecular flexibility index (Phi) is 4.85. The van der Waals surface area contributed by atoms with Crippen LogP contribution in [0.5, 0.6) is 5.75 Å². The molecule has 3 rings (SSSR count). The lowest BCUT2D eigenvalue weighted by molar-refractivity contribution is 0.181. The molecule has 1 aromatic heterocycles. The summed E-state index contributed by atoms with van der Waals surface area (Å²) < 4.78 is 10.9. The first-order valence-electron chi connectivity index (χ1n) is 7.59. The Morgan fingerprint density at radius 3 is 3.14 bits per heavy atom. The van der Waals surface area contributed by atoms with E-state index in [0.29, 0.717) is 12.5 Å². The van der Waals surface area contributed by atoms with E-state index in [2.05, 4.69) is 27.4 Å². The fraction of sp³-hybridized carbons (Fsp3) is 0.412. The molecule has 0 spiro atoms. The van der Waals surface area contributed by atoms with Gasteiger partial charge in [0.15, 0.2) is 0 Å². The first-order valence-corrected chi connectivity index (χ1v) is 7.59. The monoisotopic (exact) mass is 299 g/mol. The van der Waals surface area contributed by atoms with Crippen LogP contribution >= 0.6 is 0 Å². The van der Waals surface area contributed by atoms with Gasteiger partial charge in [-0.2, -0.15) is 0 Å². The number of benzene rings is 1. The average molecular weight is 299 g/mol. The van der Waals surface area contributed by atoms with Gasteiger partial charge in [0.1, 0.15) is 17.9 Å². The Labute approximate surface area is 130 Å². The Hall–Kier alpha value is -2.14. The lowest BCUT2D eigenvalue weighted by atomic mass is 9.97. The quantitative estimate of drug-likeness (QED) is 0.920. The normalized spacial score (nSPS) is 17.2. The molecular weight excluding hydrogens is 278 g/mol. The van der Waals surface area contributed by atoms with E-state index in [0.717, 1.165) is 43.3 Å². The minimum absolute atomic E-state index is 0.502. The molecule has 0 saturated carbocycles. The highest BCUT2D eigenvalue weighted by atomic mass is 16.5. The molecule has 0 unspecified atom stereocenters. The number of anilines is 1. The zero-order valence-electron chi connectivity index (χ0n) is 12.8. The summed E-state index contributed by atoms with van der Waals surface area (Å²) in [5.41, 5.74) is 2.17. The lowest BCUT2D eigenvalue weighted by Crippen LogP contribution is -2.18. The van der Waals surface area contributed by atoms with E-state index in [-0.39, 0.29) is 0 Å². The predicted molar refractivity (Wildman–Crippen MR) is 85.0 cm³/mol. The maximum absolute atomic E-state index is 5.81. The third kappa shape index (κ3) is 3.74. The standard InChI is InChI=1S/C17H21N3O2/c1-21-11-15-9-17(20-12-19-15)18-10-13-6-7-22-16-5-3-2-4-14(16)8-13/h2-5,9,12-13H,6-8,10-11H2,1H3,(H,18,19,20)/t13-/m0/s1. The smallest absolute Gasteiger partial charge is 0.129 e. The summed E-state index contributed by atoms with van der Waals surface area (Å²) >= 11 is 0. The Bertz CT molecular complexity index is 618. The van der Waals surface area contributed by atoms with Gasteiger partial charge in [0, 0.05) is 19.7 Å². The maximum Gasteiger partial charge on any atom is 0.129 e. The van der Waals surface area contributed by atoms with Gasteiger partial charge in [-0.3, -0.25) is 0 Å². The number of hydrogen-bond acceptors (Lipinski definition) is 5. The van der Waals surface area contributed by atoms with Crippen molar-refractivity contribution in [3.8, 4) is 5.75 Å². The van der Waals surface area contributed by atoms with Crippen molar-refractivity contribution in [1.82, 2.24) is 9.97 Å². The van der Waals surface area contributed by atoms with Crippen LogP contribution in [0, 0.1) is 5.92 Å². The third-order valence-electron chi connectivity index (χ3n) is 3.85. The second kappa shape index (κ2) is 7.22. The summed E-state index contributed by atoms with van der Waals surface area (Å²) in [6, 6.07) is 10.2. The highest BCUT2D eigenvalue weighted by Gasteiger charge is 2.17. The molecule has 0 radical (unpaired) electrons. The second-order valence-electron chi connectivity index (χ2n) is 5.52. The van der Waals surface area contributed by atoms with Gasteiger partial charge >= 0.3 is 0 Å². The number of fused-ring (bicyclic) bond motifs is 1. The molecule has 0 amide bonds. The number of rotatable bonds is 5. The van der Waals surface area contributed by atoms with E-state index in [1.165, 1.54) is 5.56 Å². The number of methoxy groups -OCH3 is 1. The zero-order valence-corrected chi connectivity index (χ0v) is 12.8. The van der Waals surface area contributed by atoms with E-state index in [4.69, 9.17) is 9.47 Å². The summed E-state index contributed by atoms with van der Waals surface area (Å²) in [6.07, 6.45) is 3.64. The first kappa shape index (κ1) is 14.8. The summed E-state index contributed by atoms with van der Waals surface area (Å²) in [4.78, 5) is 8.44. The number of ether oxygens (including phenoxy) is 2. The highest BCUT2D eigenvalue weighted by Crippen LogP contribution is 2.26. The fourth-order valence-corrected chi connectivity index (χ4v) is 2.71. The second-order valence-corrected chi connectivity index (χ2v) is 5.52. The van der Waals surface area contributed by atoms with Crippen LogP contribution in [0.15, 0.2) is 36.7 Å². The van der Waals surface area contributed by atoms with Gasteiger partial charge < -0.3 is 14.8 Å². The Morgan fingerprint density at radius 2 is 2.23 bits per heavy atom. The molecule has 1 atom stereocenters. The topological polar surface area (TPSA) is 56.3 Å². The van der Waals surface area contributed by atoms with Crippen molar-refractivity contribution >= 4 is 5.82 Å². The highest BCUT2D eigenvalue weighted by molar-refractivity contribution is 5.36. The molecule has 2 heterocycles. The number of nitrogens with zero attached hydrogens (tertiary/aromatic N) is 2. The van der Waals surface area contributed by atoms with Crippen molar-refractivity contribution in [3.63, 3.8) is 0 Å². The van der Waals surface area contributed by atoms with Gasteiger partial charge in [0.05, 0.1) is 18.9 Å². The van der Waals surface area contributed by atoms with Crippen molar-refractivity contribution in [2.45, 2.75) is 19.4 Å². The first-order chi connectivity index (χ1) is 10.8. The average Bonchev–Trinajstić information content (AvgIpc) is 2.75. The van der Waals surface area contributed by atoms with Crippen molar-refractivity contribution in [1.29, 1.82) is 0 Å². The molecule has 2 aromatic rings. The van der Waals surface area contributed by atoms with Crippen LogP contribution in [0.3, 0.4) is 0 Å². The van der Waals surface area contributed by atoms with Crippen molar-refractivity contribution in [3.05, 3.63) is 47.9 Å². The van der Waals surface area contributed by atoms with Gasteiger partial charge in [-0.05, 0) is 30.4 Å².